The van der Waals surface area contributed by atoms with Gasteiger partial charge < -0.3 is 9.84 Å². The highest BCUT2D eigenvalue weighted by Gasteiger charge is 2.27. The first-order valence-corrected chi connectivity index (χ1v) is 6.57. The van der Waals surface area contributed by atoms with Gasteiger partial charge in [0.05, 0.1) is 18.6 Å². The third-order valence-electron chi connectivity index (χ3n) is 3.14. The van der Waals surface area contributed by atoms with Crippen LogP contribution in [0.25, 0.3) is 0 Å². The minimum Gasteiger partial charge on any atom is -0.466 e. The van der Waals surface area contributed by atoms with E-state index in [2.05, 4.69) is 6.92 Å². The summed E-state index contributed by atoms with van der Waals surface area (Å²) in [5.74, 6) is -0.815. The van der Waals surface area contributed by atoms with Crippen LogP contribution in [0.3, 0.4) is 0 Å². The molecule has 1 aromatic rings. The highest BCUT2D eigenvalue weighted by molar-refractivity contribution is 5.73. The molecule has 2 atom stereocenters. The van der Waals surface area contributed by atoms with Crippen LogP contribution in [0.5, 0.6) is 0 Å². The molecule has 0 aliphatic rings. The zero-order valence-electron chi connectivity index (χ0n) is 11.3. The van der Waals surface area contributed by atoms with Gasteiger partial charge in [-0.15, -0.1) is 0 Å². The third kappa shape index (κ3) is 3.57. The van der Waals surface area contributed by atoms with E-state index < -0.39 is 12.0 Å². The number of carbonyl (C=O) groups is 1. The van der Waals surface area contributed by atoms with Gasteiger partial charge in [-0.3, -0.25) is 4.79 Å². The van der Waals surface area contributed by atoms with E-state index in [1.165, 1.54) is 5.56 Å². The fourth-order valence-corrected chi connectivity index (χ4v) is 1.95. The van der Waals surface area contributed by atoms with E-state index in [1.54, 1.807) is 6.92 Å². The van der Waals surface area contributed by atoms with Crippen LogP contribution in [-0.2, 0) is 16.0 Å². The van der Waals surface area contributed by atoms with E-state index in [1.807, 2.05) is 31.2 Å². The highest BCUT2D eigenvalue weighted by Crippen LogP contribution is 2.26. The Labute approximate surface area is 109 Å². The number of esters is 1. The second kappa shape index (κ2) is 7.17. The second-order valence-electron chi connectivity index (χ2n) is 4.31. The van der Waals surface area contributed by atoms with Gasteiger partial charge in [0, 0.05) is 0 Å². The van der Waals surface area contributed by atoms with Crippen molar-refractivity contribution in [2.24, 2.45) is 5.92 Å². The quantitative estimate of drug-likeness (QED) is 0.790. The minimum absolute atomic E-state index is 0.327. The maximum atomic E-state index is 11.7. The maximum Gasteiger partial charge on any atom is 0.311 e. The van der Waals surface area contributed by atoms with Crippen molar-refractivity contribution >= 4 is 5.97 Å². The summed E-state index contributed by atoms with van der Waals surface area (Å²) in [5, 5.41) is 10.2. The molecule has 100 valence electrons. The Kier molecular flexibility index (Phi) is 5.86. The Hall–Kier alpha value is -1.35. The fraction of sp³-hybridized carbons (Fsp3) is 0.533. The molecule has 0 amide bonds. The van der Waals surface area contributed by atoms with Crippen LogP contribution >= 0.6 is 0 Å². The molecule has 0 aromatic heterocycles. The Morgan fingerprint density at radius 2 is 1.83 bits per heavy atom. The second-order valence-corrected chi connectivity index (χ2v) is 4.31. The van der Waals surface area contributed by atoms with E-state index in [0.29, 0.717) is 13.0 Å². The highest BCUT2D eigenvalue weighted by atomic mass is 16.5. The molecule has 0 aliphatic heterocycles. The molecule has 18 heavy (non-hydrogen) atoms. The number of ether oxygens (including phenoxy) is 1. The molecule has 0 spiro atoms. The van der Waals surface area contributed by atoms with Gasteiger partial charge in [-0.25, -0.2) is 0 Å². The lowest BCUT2D eigenvalue weighted by molar-refractivity contribution is -0.152. The van der Waals surface area contributed by atoms with E-state index in [4.69, 9.17) is 4.74 Å². The standard InChI is InChI=1S/C15H22O3/c1-4-11-7-9-12(10-8-11)14(16)13(5-2)15(17)18-6-3/h7-10,13-14,16H,4-6H2,1-3H3. The smallest absolute Gasteiger partial charge is 0.311 e. The van der Waals surface area contributed by atoms with Crippen LogP contribution in [0.1, 0.15) is 44.4 Å². The normalized spacial score (nSPS) is 14.0. The van der Waals surface area contributed by atoms with Crippen LogP contribution in [0.2, 0.25) is 0 Å². The van der Waals surface area contributed by atoms with Crippen molar-refractivity contribution in [2.45, 2.75) is 39.7 Å². The molecule has 0 radical (unpaired) electrons. The molecule has 1 rings (SSSR count). The lowest BCUT2D eigenvalue weighted by atomic mass is 9.93. The van der Waals surface area contributed by atoms with Crippen LogP contribution in [0.15, 0.2) is 24.3 Å². The van der Waals surface area contributed by atoms with Crippen molar-refractivity contribution in [3.8, 4) is 0 Å². The summed E-state index contributed by atoms with van der Waals surface area (Å²) in [6.45, 7) is 6.08. The number of carbonyl (C=O) groups excluding carboxylic acids is 1. The first-order chi connectivity index (χ1) is 8.63. The molecule has 0 fully saturated rings. The van der Waals surface area contributed by atoms with Gasteiger partial charge in [0.1, 0.15) is 0 Å². The van der Waals surface area contributed by atoms with Crippen molar-refractivity contribution < 1.29 is 14.6 Å². The lowest BCUT2D eigenvalue weighted by Crippen LogP contribution is -2.24. The first kappa shape index (κ1) is 14.7. The van der Waals surface area contributed by atoms with Crippen molar-refractivity contribution in [1.82, 2.24) is 0 Å². The van der Waals surface area contributed by atoms with Crippen molar-refractivity contribution in [2.75, 3.05) is 6.61 Å². The molecule has 0 aliphatic carbocycles. The van der Waals surface area contributed by atoms with Gasteiger partial charge in [0.25, 0.3) is 0 Å². The number of aliphatic hydroxyl groups is 1. The van der Waals surface area contributed by atoms with Gasteiger partial charge >= 0.3 is 5.97 Å². The maximum absolute atomic E-state index is 11.7. The molecule has 0 heterocycles. The topological polar surface area (TPSA) is 46.5 Å². The number of benzene rings is 1. The van der Waals surface area contributed by atoms with Crippen molar-refractivity contribution in [3.05, 3.63) is 35.4 Å². The lowest BCUT2D eigenvalue weighted by Gasteiger charge is -2.20. The molecule has 2 unspecified atom stereocenters. The van der Waals surface area contributed by atoms with Gasteiger partial charge in [0.2, 0.25) is 0 Å². The monoisotopic (exact) mass is 250 g/mol. The molecule has 0 bridgehead atoms. The summed E-state index contributed by atoms with van der Waals surface area (Å²) in [6, 6.07) is 7.73. The molecule has 1 aromatic carbocycles. The van der Waals surface area contributed by atoms with E-state index in [0.717, 1.165) is 12.0 Å². The van der Waals surface area contributed by atoms with Crippen LogP contribution in [-0.4, -0.2) is 17.7 Å². The number of hydrogen-bond donors (Lipinski definition) is 1. The molecule has 0 saturated carbocycles. The van der Waals surface area contributed by atoms with Gasteiger partial charge in [0.15, 0.2) is 0 Å². The predicted octanol–water partition coefficient (Wildman–Crippen LogP) is 2.87. The van der Waals surface area contributed by atoms with Gasteiger partial charge in [-0.1, -0.05) is 38.1 Å². The van der Waals surface area contributed by atoms with Crippen LogP contribution < -0.4 is 0 Å². The zero-order chi connectivity index (χ0) is 13.5. The fourth-order valence-electron chi connectivity index (χ4n) is 1.95. The van der Waals surface area contributed by atoms with E-state index in [-0.39, 0.29) is 5.97 Å². The Balaban J connectivity index is 2.81. The van der Waals surface area contributed by atoms with Gasteiger partial charge in [-0.2, -0.15) is 0 Å². The number of aryl methyl sites for hydroxylation is 1. The minimum atomic E-state index is -0.792. The summed E-state index contributed by atoms with van der Waals surface area (Å²) in [5.41, 5.74) is 1.99. The molecule has 0 saturated heterocycles. The molecule has 1 N–H and O–H groups in total. The number of hydrogen-bond acceptors (Lipinski definition) is 3. The summed E-state index contributed by atoms with van der Waals surface area (Å²) in [7, 11) is 0. The average Bonchev–Trinajstić information content (AvgIpc) is 2.40. The largest absolute Gasteiger partial charge is 0.466 e. The first-order valence-electron chi connectivity index (χ1n) is 6.57. The van der Waals surface area contributed by atoms with Crippen LogP contribution in [0.4, 0.5) is 0 Å². The Morgan fingerprint density at radius 1 is 1.22 bits per heavy atom. The molecule has 3 heteroatoms. The number of aliphatic hydroxyl groups excluding tert-OH is 1. The zero-order valence-corrected chi connectivity index (χ0v) is 11.3. The summed E-state index contributed by atoms with van der Waals surface area (Å²) in [6.07, 6.45) is 0.737. The molecular formula is C15H22O3. The van der Waals surface area contributed by atoms with Crippen molar-refractivity contribution in [1.29, 1.82) is 0 Å². The SMILES string of the molecule is CCOC(=O)C(CC)C(O)c1ccc(CC)cc1. The third-order valence-corrected chi connectivity index (χ3v) is 3.14. The van der Waals surface area contributed by atoms with Crippen LogP contribution in [0, 0.1) is 5.92 Å². The number of rotatable bonds is 6. The average molecular weight is 250 g/mol. The van der Waals surface area contributed by atoms with E-state index >= 15 is 0 Å². The predicted molar refractivity (Wildman–Crippen MR) is 71.2 cm³/mol. The summed E-state index contributed by atoms with van der Waals surface area (Å²) < 4.78 is 4.98. The molecular weight excluding hydrogens is 228 g/mol. The Morgan fingerprint density at radius 3 is 2.28 bits per heavy atom. The van der Waals surface area contributed by atoms with Gasteiger partial charge in [-0.05, 0) is 30.9 Å². The Bertz CT molecular complexity index is 370. The summed E-state index contributed by atoms with van der Waals surface area (Å²) >= 11 is 0. The van der Waals surface area contributed by atoms with Crippen molar-refractivity contribution in [3.63, 3.8) is 0 Å². The van der Waals surface area contributed by atoms with E-state index in [9.17, 15) is 9.90 Å². The molecule has 3 nitrogen and oxygen atoms in total. The summed E-state index contributed by atoms with van der Waals surface area (Å²) in [4.78, 5) is 11.7.